The van der Waals surface area contributed by atoms with Gasteiger partial charge in [0.05, 0.1) is 19.3 Å². The number of fused-ring (bicyclic) bond motifs is 1. The molecule has 1 aliphatic carbocycles. The molecule has 1 aliphatic heterocycles. The molecule has 1 atom stereocenters. The van der Waals surface area contributed by atoms with Gasteiger partial charge in [0.2, 0.25) is 0 Å². The molecule has 108 valence electrons. The van der Waals surface area contributed by atoms with Crippen molar-refractivity contribution in [2.24, 2.45) is 0 Å². The summed E-state index contributed by atoms with van der Waals surface area (Å²) in [6.07, 6.45) is 1.28. The molecule has 0 saturated carbocycles. The first-order valence-electron chi connectivity index (χ1n) is 7.03. The van der Waals surface area contributed by atoms with E-state index >= 15 is 0 Å². The topological polar surface area (TPSA) is 59.0 Å². The van der Waals surface area contributed by atoms with Gasteiger partial charge in [0.15, 0.2) is 6.61 Å². The Labute approximate surface area is 118 Å². The van der Waals surface area contributed by atoms with Crippen molar-refractivity contribution in [3.63, 3.8) is 0 Å². The van der Waals surface area contributed by atoms with Crippen LogP contribution in [0.5, 0.6) is 5.75 Å². The van der Waals surface area contributed by atoms with Gasteiger partial charge in [-0.3, -0.25) is 4.79 Å². The van der Waals surface area contributed by atoms with E-state index in [1.54, 1.807) is 4.90 Å². The third kappa shape index (κ3) is 2.78. The van der Waals surface area contributed by atoms with Crippen LogP contribution >= 0.6 is 0 Å². The summed E-state index contributed by atoms with van der Waals surface area (Å²) >= 11 is 0. The maximum absolute atomic E-state index is 12.0. The average molecular weight is 277 g/mol. The summed E-state index contributed by atoms with van der Waals surface area (Å²) in [6, 6.07) is 5.64. The molecule has 1 saturated heterocycles. The first-order chi connectivity index (χ1) is 9.74. The molecular weight excluding hydrogens is 258 g/mol. The van der Waals surface area contributed by atoms with Gasteiger partial charge in [0, 0.05) is 13.1 Å². The molecular formula is C15H19NO4. The van der Waals surface area contributed by atoms with Gasteiger partial charge in [-0.1, -0.05) is 6.07 Å². The molecule has 0 aromatic heterocycles. The second kappa shape index (κ2) is 5.81. The molecule has 2 aliphatic rings. The van der Waals surface area contributed by atoms with Crippen molar-refractivity contribution in [3.05, 3.63) is 29.3 Å². The van der Waals surface area contributed by atoms with Crippen molar-refractivity contribution in [3.8, 4) is 5.75 Å². The Kier molecular flexibility index (Phi) is 3.89. The average Bonchev–Trinajstić information content (AvgIpc) is 2.87. The zero-order chi connectivity index (χ0) is 13.9. The van der Waals surface area contributed by atoms with Gasteiger partial charge in [-0.05, 0) is 36.1 Å². The number of hydrogen-bond donors (Lipinski definition) is 1. The van der Waals surface area contributed by atoms with Crippen molar-refractivity contribution in [2.45, 2.75) is 18.9 Å². The number of nitrogens with zero attached hydrogens (tertiary/aromatic N) is 1. The number of aliphatic hydroxyl groups excluding tert-OH is 1. The van der Waals surface area contributed by atoms with E-state index in [0.29, 0.717) is 32.1 Å². The smallest absolute Gasteiger partial charge is 0.260 e. The van der Waals surface area contributed by atoms with Crippen LogP contribution in [-0.4, -0.2) is 48.8 Å². The van der Waals surface area contributed by atoms with Crippen LogP contribution in [0.3, 0.4) is 0 Å². The van der Waals surface area contributed by atoms with Gasteiger partial charge in [-0.25, -0.2) is 0 Å². The molecule has 1 fully saturated rings. The molecule has 0 spiro atoms. The standard InChI is InChI=1S/C15H19NO4/c17-14-4-1-11-9-12(2-3-13(11)14)20-10-15(18)16-5-7-19-8-6-16/h2-3,9,14,17H,1,4-8,10H2/t14-/m0/s1. The number of aliphatic hydroxyl groups is 1. The highest BCUT2D eigenvalue weighted by atomic mass is 16.5. The molecule has 20 heavy (non-hydrogen) atoms. The summed E-state index contributed by atoms with van der Waals surface area (Å²) in [5.41, 5.74) is 2.10. The fourth-order valence-electron chi connectivity index (χ4n) is 2.71. The Balaban J connectivity index is 1.57. The summed E-state index contributed by atoms with van der Waals surface area (Å²) in [4.78, 5) is 13.7. The quantitative estimate of drug-likeness (QED) is 0.892. The van der Waals surface area contributed by atoms with E-state index in [1.165, 1.54) is 0 Å². The largest absolute Gasteiger partial charge is 0.484 e. The molecule has 1 N–H and O–H groups in total. The highest BCUT2D eigenvalue weighted by molar-refractivity contribution is 5.77. The van der Waals surface area contributed by atoms with Crippen molar-refractivity contribution < 1.29 is 19.4 Å². The molecule has 1 amide bonds. The van der Waals surface area contributed by atoms with E-state index in [0.717, 1.165) is 24.0 Å². The fourth-order valence-corrected chi connectivity index (χ4v) is 2.71. The summed E-state index contributed by atoms with van der Waals surface area (Å²) in [7, 11) is 0. The molecule has 0 bridgehead atoms. The Hall–Kier alpha value is -1.59. The van der Waals surface area contributed by atoms with Crippen molar-refractivity contribution in [2.75, 3.05) is 32.9 Å². The van der Waals surface area contributed by atoms with E-state index in [1.807, 2.05) is 18.2 Å². The molecule has 1 aromatic carbocycles. The lowest BCUT2D eigenvalue weighted by molar-refractivity contribution is -0.137. The van der Waals surface area contributed by atoms with Crippen LogP contribution in [0.1, 0.15) is 23.7 Å². The van der Waals surface area contributed by atoms with Crippen molar-refractivity contribution >= 4 is 5.91 Å². The van der Waals surface area contributed by atoms with Crippen LogP contribution in [0, 0.1) is 0 Å². The molecule has 5 heteroatoms. The van der Waals surface area contributed by atoms with Gasteiger partial charge in [-0.15, -0.1) is 0 Å². The minimum Gasteiger partial charge on any atom is -0.484 e. The minimum absolute atomic E-state index is 0.00571. The molecule has 1 heterocycles. The van der Waals surface area contributed by atoms with Gasteiger partial charge in [-0.2, -0.15) is 0 Å². The third-order valence-corrected chi connectivity index (χ3v) is 3.89. The Morgan fingerprint density at radius 3 is 3.00 bits per heavy atom. The zero-order valence-corrected chi connectivity index (χ0v) is 11.4. The highest BCUT2D eigenvalue weighted by Crippen LogP contribution is 2.33. The van der Waals surface area contributed by atoms with Gasteiger partial charge in [0.25, 0.3) is 5.91 Å². The lowest BCUT2D eigenvalue weighted by atomic mass is 10.1. The zero-order valence-electron chi connectivity index (χ0n) is 11.4. The first kappa shape index (κ1) is 13.4. The summed E-state index contributed by atoms with van der Waals surface area (Å²) < 4.78 is 10.8. The van der Waals surface area contributed by atoms with Crippen LogP contribution in [0.2, 0.25) is 0 Å². The number of amides is 1. The maximum atomic E-state index is 12.0. The molecule has 5 nitrogen and oxygen atoms in total. The number of rotatable bonds is 3. The van der Waals surface area contributed by atoms with E-state index < -0.39 is 0 Å². The number of hydrogen-bond acceptors (Lipinski definition) is 4. The SMILES string of the molecule is O=C(COc1ccc2c(c1)CC[C@@H]2O)N1CCOCC1. The number of ether oxygens (including phenoxy) is 2. The van der Waals surface area contributed by atoms with Gasteiger partial charge >= 0.3 is 0 Å². The predicted molar refractivity (Wildman–Crippen MR) is 72.6 cm³/mol. The predicted octanol–water partition coefficient (Wildman–Crippen LogP) is 0.904. The first-order valence-corrected chi connectivity index (χ1v) is 7.03. The number of carbonyl (C=O) groups is 1. The lowest BCUT2D eigenvalue weighted by Crippen LogP contribution is -2.42. The molecule has 3 rings (SSSR count). The van der Waals surface area contributed by atoms with E-state index in [-0.39, 0.29) is 18.6 Å². The number of benzene rings is 1. The van der Waals surface area contributed by atoms with Crippen molar-refractivity contribution in [1.29, 1.82) is 0 Å². The van der Waals surface area contributed by atoms with Crippen LogP contribution in [0.4, 0.5) is 0 Å². The van der Waals surface area contributed by atoms with Crippen LogP contribution in [0.25, 0.3) is 0 Å². The number of morpholine rings is 1. The second-order valence-corrected chi connectivity index (χ2v) is 5.20. The fraction of sp³-hybridized carbons (Fsp3) is 0.533. The van der Waals surface area contributed by atoms with Crippen LogP contribution in [-0.2, 0) is 16.0 Å². The van der Waals surface area contributed by atoms with Crippen LogP contribution < -0.4 is 4.74 Å². The highest BCUT2D eigenvalue weighted by Gasteiger charge is 2.21. The molecule has 0 radical (unpaired) electrons. The van der Waals surface area contributed by atoms with E-state index in [2.05, 4.69) is 0 Å². The van der Waals surface area contributed by atoms with Gasteiger partial charge < -0.3 is 19.5 Å². The minimum atomic E-state index is -0.353. The van der Waals surface area contributed by atoms with E-state index in [9.17, 15) is 9.90 Å². The molecule has 1 aromatic rings. The third-order valence-electron chi connectivity index (χ3n) is 3.89. The second-order valence-electron chi connectivity index (χ2n) is 5.20. The van der Waals surface area contributed by atoms with Gasteiger partial charge in [0.1, 0.15) is 5.75 Å². The Morgan fingerprint density at radius 1 is 1.40 bits per heavy atom. The van der Waals surface area contributed by atoms with Crippen molar-refractivity contribution in [1.82, 2.24) is 4.90 Å². The maximum Gasteiger partial charge on any atom is 0.260 e. The Bertz CT molecular complexity index is 497. The summed E-state index contributed by atoms with van der Waals surface area (Å²) in [5.74, 6) is 0.688. The monoisotopic (exact) mass is 277 g/mol. The molecule has 0 unspecified atom stereocenters. The van der Waals surface area contributed by atoms with E-state index in [4.69, 9.17) is 9.47 Å². The number of aryl methyl sites for hydroxylation is 1. The van der Waals surface area contributed by atoms with Crippen LogP contribution in [0.15, 0.2) is 18.2 Å². The number of carbonyl (C=O) groups excluding carboxylic acids is 1. The summed E-state index contributed by atoms with van der Waals surface area (Å²) in [6.45, 7) is 2.53. The summed E-state index contributed by atoms with van der Waals surface area (Å²) in [5, 5.41) is 9.75. The Morgan fingerprint density at radius 2 is 2.20 bits per heavy atom. The lowest BCUT2D eigenvalue weighted by Gasteiger charge is -2.26. The normalized spacial score (nSPS) is 21.6.